The van der Waals surface area contributed by atoms with E-state index < -0.39 is 0 Å². The third-order valence-electron chi connectivity index (χ3n) is 4.09. The van der Waals surface area contributed by atoms with Crippen LogP contribution in [0.15, 0.2) is 4.99 Å². The predicted molar refractivity (Wildman–Crippen MR) is 89.9 cm³/mol. The average Bonchev–Trinajstić information content (AvgIpc) is 2.48. The monoisotopic (exact) mass is 298 g/mol. The number of hydrogen-bond acceptors (Lipinski definition) is 3. The van der Waals surface area contributed by atoms with Gasteiger partial charge in [-0.2, -0.15) is 0 Å². The van der Waals surface area contributed by atoms with Crippen molar-refractivity contribution < 1.29 is 4.74 Å². The number of likely N-dealkylation sites (tertiary alicyclic amines) is 1. The molecular weight excluding hydrogens is 264 g/mol. The number of hydrogen-bond donors (Lipinski definition) is 2. The van der Waals surface area contributed by atoms with Crippen LogP contribution in [0.4, 0.5) is 0 Å². The molecule has 0 amide bonds. The highest BCUT2D eigenvalue weighted by Gasteiger charge is 2.14. The lowest BCUT2D eigenvalue weighted by Crippen LogP contribution is -2.44. The maximum Gasteiger partial charge on any atom is 0.191 e. The van der Waals surface area contributed by atoms with Gasteiger partial charge in [-0.05, 0) is 58.2 Å². The van der Waals surface area contributed by atoms with Gasteiger partial charge in [0.05, 0.1) is 6.61 Å². The first-order chi connectivity index (χ1) is 10.2. The van der Waals surface area contributed by atoms with Gasteiger partial charge in [0, 0.05) is 26.7 Å². The fourth-order valence-electron chi connectivity index (χ4n) is 2.67. The van der Waals surface area contributed by atoms with Gasteiger partial charge < -0.3 is 20.3 Å². The van der Waals surface area contributed by atoms with Crippen LogP contribution in [0.5, 0.6) is 0 Å². The average molecular weight is 298 g/mol. The molecule has 0 saturated carbocycles. The van der Waals surface area contributed by atoms with Crippen molar-refractivity contribution in [2.75, 3.05) is 46.9 Å². The van der Waals surface area contributed by atoms with Gasteiger partial charge in [0.1, 0.15) is 0 Å². The van der Waals surface area contributed by atoms with Crippen LogP contribution in [0.2, 0.25) is 0 Å². The van der Waals surface area contributed by atoms with E-state index in [0.717, 1.165) is 18.4 Å². The molecule has 0 aromatic heterocycles. The summed E-state index contributed by atoms with van der Waals surface area (Å²) in [5.74, 6) is 1.79. The van der Waals surface area contributed by atoms with Gasteiger partial charge >= 0.3 is 0 Å². The van der Waals surface area contributed by atoms with Crippen molar-refractivity contribution in [3.8, 4) is 0 Å². The van der Waals surface area contributed by atoms with Crippen LogP contribution in [0, 0.1) is 5.92 Å². The number of methoxy groups -OCH3 is 1. The smallest absolute Gasteiger partial charge is 0.191 e. The summed E-state index contributed by atoms with van der Waals surface area (Å²) in [5, 5.41) is 6.68. The molecule has 0 aromatic rings. The van der Waals surface area contributed by atoms with Crippen molar-refractivity contribution in [3.63, 3.8) is 0 Å². The Morgan fingerprint density at radius 3 is 2.67 bits per heavy atom. The first-order valence-corrected chi connectivity index (χ1v) is 8.34. The lowest BCUT2D eigenvalue weighted by atomic mass is 9.99. The lowest BCUT2D eigenvalue weighted by molar-refractivity contribution is 0.179. The normalized spacial score (nSPS) is 19.5. The first-order valence-electron chi connectivity index (χ1n) is 8.34. The van der Waals surface area contributed by atoms with Crippen LogP contribution in [-0.4, -0.2) is 63.8 Å². The summed E-state index contributed by atoms with van der Waals surface area (Å²) in [6.07, 6.45) is 5.18. The zero-order valence-corrected chi connectivity index (χ0v) is 14.3. The summed E-state index contributed by atoms with van der Waals surface area (Å²) in [4.78, 5) is 6.84. The maximum atomic E-state index is 5.12. The van der Waals surface area contributed by atoms with E-state index in [1.807, 2.05) is 7.05 Å². The Morgan fingerprint density at radius 2 is 2.05 bits per heavy atom. The van der Waals surface area contributed by atoms with Crippen molar-refractivity contribution in [3.05, 3.63) is 0 Å². The van der Waals surface area contributed by atoms with E-state index in [2.05, 4.69) is 34.4 Å². The quantitative estimate of drug-likeness (QED) is 0.407. The van der Waals surface area contributed by atoms with E-state index in [9.17, 15) is 0 Å². The highest BCUT2D eigenvalue weighted by molar-refractivity contribution is 5.79. The molecule has 0 aromatic carbocycles. The Kier molecular flexibility index (Phi) is 9.42. The van der Waals surface area contributed by atoms with Gasteiger partial charge in [-0.25, -0.2) is 0 Å². The third kappa shape index (κ3) is 8.27. The number of piperidine rings is 1. The maximum absolute atomic E-state index is 5.12. The van der Waals surface area contributed by atoms with Crippen LogP contribution >= 0.6 is 0 Å². The van der Waals surface area contributed by atoms with Gasteiger partial charge in [-0.3, -0.25) is 4.99 Å². The molecule has 1 rings (SSSR count). The highest BCUT2D eigenvalue weighted by Crippen LogP contribution is 2.15. The molecule has 1 atom stereocenters. The molecule has 1 heterocycles. The van der Waals surface area contributed by atoms with Crippen LogP contribution in [-0.2, 0) is 4.74 Å². The van der Waals surface area contributed by atoms with Gasteiger partial charge in [0.15, 0.2) is 5.96 Å². The minimum atomic E-state index is 0.275. The molecule has 0 aliphatic carbocycles. The van der Waals surface area contributed by atoms with Gasteiger partial charge in [-0.15, -0.1) is 0 Å². The van der Waals surface area contributed by atoms with Crippen molar-refractivity contribution in [1.29, 1.82) is 0 Å². The van der Waals surface area contributed by atoms with Gasteiger partial charge in [0.2, 0.25) is 0 Å². The number of nitrogens with zero attached hydrogens (tertiary/aromatic N) is 2. The Hall–Kier alpha value is -0.810. The number of aliphatic imine (C=N–C) groups is 1. The van der Waals surface area contributed by atoms with E-state index in [1.165, 1.54) is 45.3 Å². The van der Waals surface area contributed by atoms with E-state index in [1.54, 1.807) is 7.11 Å². The van der Waals surface area contributed by atoms with Crippen LogP contribution < -0.4 is 10.6 Å². The third-order valence-corrected chi connectivity index (χ3v) is 4.09. The minimum Gasteiger partial charge on any atom is -0.383 e. The summed E-state index contributed by atoms with van der Waals surface area (Å²) < 4.78 is 5.12. The molecule has 1 aliphatic rings. The van der Waals surface area contributed by atoms with E-state index in [0.29, 0.717) is 6.61 Å². The summed E-state index contributed by atoms with van der Waals surface area (Å²) in [7, 11) is 3.53. The molecule has 0 bridgehead atoms. The van der Waals surface area contributed by atoms with Gasteiger partial charge in [-0.1, -0.05) is 6.92 Å². The summed E-state index contributed by atoms with van der Waals surface area (Å²) in [6.45, 7) is 9.93. The molecule has 1 saturated heterocycles. The number of nitrogens with one attached hydrogen (secondary N) is 2. The molecule has 1 aliphatic heterocycles. The molecule has 5 heteroatoms. The van der Waals surface area contributed by atoms with E-state index >= 15 is 0 Å². The molecule has 5 nitrogen and oxygen atoms in total. The number of unbranched alkanes of at least 4 members (excludes halogenated alkanes) is 1. The van der Waals surface area contributed by atoms with Crippen molar-refractivity contribution in [2.45, 2.75) is 45.6 Å². The molecule has 124 valence electrons. The number of guanidine groups is 1. The molecule has 2 N–H and O–H groups in total. The zero-order chi connectivity index (χ0) is 15.5. The van der Waals surface area contributed by atoms with Crippen LogP contribution in [0.3, 0.4) is 0 Å². The summed E-state index contributed by atoms with van der Waals surface area (Å²) >= 11 is 0. The highest BCUT2D eigenvalue weighted by atomic mass is 16.5. The topological polar surface area (TPSA) is 48.9 Å². The molecular formula is C16H34N4O. The SMILES string of the molecule is CN=C(NCCCCN1CCC(C)CC1)NC(C)COC. The van der Waals surface area contributed by atoms with E-state index in [4.69, 9.17) is 4.74 Å². The second kappa shape index (κ2) is 10.9. The Morgan fingerprint density at radius 1 is 1.33 bits per heavy atom. The Bertz CT molecular complexity index is 288. The molecule has 0 spiro atoms. The van der Waals surface area contributed by atoms with Crippen molar-refractivity contribution >= 4 is 5.96 Å². The number of ether oxygens (including phenoxy) is 1. The van der Waals surface area contributed by atoms with Crippen LogP contribution in [0.1, 0.15) is 39.5 Å². The minimum absolute atomic E-state index is 0.275. The Balaban J connectivity index is 2.04. The fourth-order valence-corrected chi connectivity index (χ4v) is 2.67. The molecule has 1 fully saturated rings. The molecule has 21 heavy (non-hydrogen) atoms. The largest absolute Gasteiger partial charge is 0.383 e. The lowest BCUT2D eigenvalue weighted by Gasteiger charge is -2.30. The Labute approximate surface area is 130 Å². The fraction of sp³-hybridized carbons (Fsp3) is 0.938. The first kappa shape index (κ1) is 18.2. The number of rotatable bonds is 8. The van der Waals surface area contributed by atoms with Crippen LogP contribution in [0.25, 0.3) is 0 Å². The molecule has 0 radical (unpaired) electrons. The van der Waals surface area contributed by atoms with E-state index in [-0.39, 0.29) is 6.04 Å². The summed E-state index contributed by atoms with van der Waals surface area (Å²) in [5.41, 5.74) is 0. The summed E-state index contributed by atoms with van der Waals surface area (Å²) in [6, 6.07) is 0.275. The predicted octanol–water partition coefficient (Wildman–Crippen LogP) is 1.70. The van der Waals surface area contributed by atoms with Crippen molar-refractivity contribution in [2.24, 2.45) is 10.9 Å². The van der Waals surface area contributed by atoms with Crippen molar-refractivity contribution in [1.82, 2.24) is 15.5 Å². The molecule has 1 unspecified atom stereocenters. The van der Waals surface area contributed by atoms with Gasteiger partial charge in [0.25, 0.3) is 0 Å². The zero-order valence-electron chi connectivity index (χ0n) is 14.3. The second-order valence-corrected chi connectivity index (χ2v) is 6.23. The second-order valence-electron chi connectivity index (χ2n) is 6.23. The standard InChI is InChI=1S/C16H34N4O/c1-14-7-11-20(12-8-14)10-6-5-9-18-16(17-3)19-15(2)13-21-4/h14-15H,5-13H2,1-4H3,(H2,17,18,19).